The zero-order valence-electron chi connectivity index (χ0n) is 11.6. The highest BCUT2D eigenvalue weighted by atomic mass is 19.4. The number of carbonyl (C=O) groups is 1. The molecule has 4 aliphatic carbocycles. The molecule has 0 amide bonds. The molecule has 112 valence electrons. The van der Waals surface area contributed by atoms with Crippen LogP contribution in [0.4, 0.5) is 13.2 Å². The van der Waals surface area contributed by atoms with Gasteiger partial charge in [-0.2, -0.15) is 13.2 Å². The van der Waals surface area contributed by atoms with Crippen molar-refractivity contribution in [2.75, 3.05) is 7.11 Å². The number of esters is 1. The first-order valence-electron chi connectivity index (χ1n) is 7.06. The summed E-state index contributed by atoms with van der Waals surface area (Å²) >= 11 is 0. The van der Waals surface area contributed by atoms with E-state index in [0.29, 0.717) is 12.8 Å². The molecule has 0 heterocycles. The minimum atomic E-state index is -4.19. The summed E-state index contributed by atoms with van der Waals surface area (Å²) in [5.74, 6) is -0.414. The summed E-state index contributed by atoms with van der Waals surface area (Å²) in [6.07, 6.45) is -1.53. The summed E-state index contributed by atoms with van der Waals surface area (Å²) < 4.78 is 45.4. The Bertz CT molecular complexity index is 452. The standard InChI is InChI=1S/C15H19F3O2/c1-9(12(19)20-2)13-4-10-3-11(5-13)7-14(6-10,8-13)15(16,17)18/h10-11H,1,3-8H2,2H3. The van der Waals surface area contributed by atoms with Crippen molar-refractivity contribution in [3.8, 4) is 0 Å². The summed E-state index contributed by atoms with van der Waals surface area (Å²) in [7, 11) is 1.26. The molecule has 20 heavy (non-hydrogen) atoms. The van der Waals surface area contributed by atoms with E-state index in [9.17, 15) is 18.0 Å². The Hall–Kier alpha value is -1.00. The quantitative estimate of drug-likeness (QED) is 0.569. The minimum Gasteiger partial charge on any atom is -0.466 e. The van der Waals surface area contributed by atoms with Crippen molar-refractivity contribution in [1.29, 1.82) is 0 Å². The van der Waals surface area contributed by atoms with Crippen molar-refractivity contribution in [2.45, 2.75) is 44.7 Å². The molecule has 0 radical (unpaired) electrons. The van der Waals surface area contributed by atoms with E-state index in [0.717, 1.165) is 6.42 Å². The lowest BCUT2D eigenvalue weighted by Gasteiger charge is -2.62. The van der Waals surface area contributed by atoms with Gasteiger partial charge in [0.15, 0.2) is 0 Å². The number of hydrogen-bond donors (Lipinski definition) is 0. The van der Waals surface area contributed by atoms with Crippen LogP contribution in [0.5, 0.6) is 0 Å². The molecule has 5 heteroatoms. The Morgan fingerprint density at radius 1 is 1.20 bits per heavy atom. The molecule has 4 aliphatic rings. The average molecular weight is 288 g/mol. The number of ether oxygens (including phenoxy) is 1. The van der Waals surface area contributed by atoms with E-state index in [4.69, 9.17) is 4.74 Å². The molecule has 4 fully saturated rings. The summed E-state index contributed by atoms with van der Waals surface area (Å²) in [6, 6.07) is 0. The average Bonchev–Trinajstić information content (AvgIpc) is 2.34. The topological polar surface area (TPSA) is 26.3 Å². The maximum atomic E-state index is 13.6. The highest BCUT2D eigenvalue weighted by Crippen LogP contribution is 2.71. The van der Waals surface area contributed by atoms with Gasteiger partial charge in [-0.15, -0.1) is 0 Å². The van der Waals surface area contributed by atoms with Gasteiger partial charge < -0.3 is 4.74 Å². The molecule has 2 atom stereocenters. The smallest absolute Gasteiger partial charge is 0.394 e. The van der Waals surface area contributed by atoms with Crippen LogP contribution in [-0.4, -0.2) is 19.3 Å². The molecule has 2 nitrogen and oxygen atoms in total. The summed E-state index contributed by atoms with van der Waals surface area (Å²) in [6.45, 7) is 3.79. The molecule has 2 unspecified atom stereocenters. The van der Waals surface area contributed by atoms with Gasteiger partial charge in [0.1, 0.15) is 0 Å². The molecule has 0 aromatic rings. The lowest BCUT2D eigenvalue weighted by molar-refractivity contribution is -0.282. The molecular formula is C15H19F3O2. The van der Waals surface area contributed by atoms with E-state index >= 15 is 0 Å². The molecule has 0 aromatic heterocycles. The molecule has 0 aliphatic heterocycles. The third-order valence-electron chi connectivity index (χ3n) is 5.73. The van der Waals surface area contributed by atoms with Crippen LogP contribution in [0, 0.1) is 22.7 Å². The third kappa shape index (κ3) is 1.74. The molecule has 4 saturated carbocycles. The van der Waals surface area contributed by atoms with Gasteiger partial charge in [-0.25, -0.2) is 4.79 Å². The largest absolute Gasteiger partial charge is 0.466 e. The Morgan fingerprint density at radius 2 is 1.75 bits per heavy atom. The van der Waals surface area contributed by atoms with Crippen LogP contribution in [-0.2, 0) is 9.53 Å². The molecular weight excluding hydrogens is 269 g/mol. The van der Waals surface area contributed by atoms with Gasteiger partial charge >= 0.3 is 12.1 Å². The van der Waals surface area contributed by atoms with Gasteiger partial charge in [0.25, 0.3) is 0 Å². The van der Waals surface area contributed by atoms with Gasteiger partial charge in [-0.05, 0) is 50.4 Å². The number of rotatable bonds is 2. The van der Waals surface area contributed by atoms with Crippen molar-refractivity contribution >= 4 is 5.97 Å². The summed E-state index contributed by atoms with van der Waals surface area (Å²) in [5, 5.41) is 0. The predicted octanol–water partition coefficient (Wildman–Crippen LogP) is 3.86. The van der Waals surface area contributed by atoms with Crippen LogP contribution in [0.25, 0.3) is 0 Å². The van der Waals surface area contributed by atoms with Crippen LogP contribution in [0.15, 0.2) is 12.2 Å². The maximum absolute atomic E-state index is 13.6. The highest BCUT2D eigenvalue weighted by Gasteiger charge is 2.68. The minimum absolute atomic E-state index is 0.0183. The molecule has 4 bridgehead atoms. The molecule has 0 saturated heterocycles. The van der Waals surface area contributed by atoms with Crippen molar-refractivity contribution in [2.24, 2.45) is 22.7 Å². The van der Waals surface area contributed by atoms with Crippen molar-refractivity contribution in [3.63, 3.8) is 0 Å². The first-order valence-corrected chi connectivity index (χ1v) is 7.06. The van der Waals surface area contributed by atoms with Crippen LogP contribution >= 0.6 is 0 Å². The second-order valence-corrected chi connectivity index (χ2v) is 6.99. The molecule has 0 aromatic carbocycles. The van der Waals surface area contributed by atoms with Crippen molar-refractivity contribution in [1.82, 2.24) is 0 Å². The number of halogens is 3. The Balaban J connectivity index is 1.99. The lowest BCUT2D eigenvalue weighted by Crippen LogP contribution is -2.58. The van der Waals surface area contributed by atoms with Crippen LogP contribution in [0.1, 0.15) is 38.5 Å². The number of methoxy groups -OCH3 is 1. The SMILES string of the molecule is C=C(C(=O)OC)C12CC3CC(C1)CC(C(F)(F)F)(C3)C2. The Kier molecular flexibility index (Phi) is 2.80. The van der Waals surface area contributed by atoms with E-state index in [1.54, 1.807) is 0 Å². The van der Waals surface area contributed by atoms with Crippen LogP contribution in [0.3, 0.4) is 0 Å². The Labute approximate surface area is 116 Å². The number of alkyl halides is 3. The molecule has 4 rings (SSSR count). The zero-order chi connectivity index (χ0) is 14.8. The normalized spacial score (nSPS) is 42.6. The van der Waals surface area contributed by atoms with Gasteiger partial charge in [0.05, 0.1) is 12.5 Å². The Morgan fingerprint density at radius 3 is 2.20 bits per heavy atom. The first kappa shape index (κ1) is 14.0. The predicted molar refractivity (Wildman–Crippen MR) is 66.8 cm³/mol. The number of hydrogen-bond acceptors (Lipinski definition) is 2. The van der Waals surface area contributed by atoms with Crippen molar-refractivity contribution in [3.05, 3.63) is 12.2 Å². The van der Waals surface area contributed by atoms with Gasteiger partial charge in [-0.3, -0.25) is 0 Å². The summed E-state index contributed by atoms with van der Waals surface area (Å²) in [5.41, 5.74) is -2.04. The van der Waals surface area contributed by atoms with Crippen molar-refractivity contribution < 1.29 is 22.7 Å². The van der Waals surface area contributed by atoms with Gasteiger partial charge in [-0.1, -0.05) is 6.58 Å². The molecule has 0 spiro atoms. The fourth-order valence-electron chi connectivity index (χ4n) is 5.29. The van der Waals surface area contributed by atoms with Gasteiger partial charge in [0, 0.05) is 11.0 Å². The van der Waals surface area contributed by atoms with E-state index in [-0.39, 0.29) is 36.7 Å². The third-order valence-corrected chi connectivity index (χ3v) is 5.73. The molecule has 0 N–H and O–H groups in total. The monoisotopic (exact) mass is 288 g/mol. The van der Waals surface area contributed by atoms with Gasteiger partial charge in [0.2, 0.25) is 0 Å². The van der Waals surface area contributed by atoms with E-state index in [1.807, 2.05) is 0 Å². The second-order valence-electron chi connectivity index (χ2n) is 6.99. The zero-order valence-corrected chi connectivity index (χ0v) is 11.6. The van der Waals surface area contributed by atoms with Crippen LogP contribution in [0.2, 0.25) is 0 Å². The summed E-state index contributed by atoms with van der Waals surface area (Å²) in [4.78, 5) is 11.8. The van der Waals surface area contributed by atoms with E-state index in [2.05, 4.69) is 6.58 Å². The first-order chi connectivity index (χ1) is 9.21. The number of carbonyl (C=O) groups excluding carboxylic acids is 1. The van der Waals surface area contributed by atoms with E-state index < -0.39 is 23.0 Å². The fraction of sp³-hybridized carbons (Fsp3) is 0.800. The maximum Gasteiger partial charge on any atom is 0.394 e. The van der Waals surface area contributed by atoms with Crippen LogP contribution < -0.4 is 0 Å². The second kappa shape index (κ2) is 4.01. The fourth-order valence-corrected chi connectivity index (χ4v) is 5.29. The van der Waals surface area contributed by atoms with E-state index in [1.165, 1.54) is 7.11 Å². The lowest BCUT2D eigenvalue weighted by atomic mass is 9.42. The highest BCUT2D eigenvalue weighted by molar-refractivity contribution is 5.89.